The Labute approximate surface area is 169 Å². The van der Waals surface area contributed by atoms with E-state index in [0.717, 1.165) is 43.4 Å². The van der Waals surface area contributed by atoms with Gasteiger partial charge in [0.1, 0.15) is 23.5 Å². The number of benzene rings is 2. The van der Waals surface area contributed by atoms with Crippen LogP contribution in [-0.2, 0) is 0 Å². The quantitative estimate of drug-likeness (QED) is 0.728. The number of carboxylic acid groups (broad SMARTS) is 1. The van der Waals surface area contributed by atoms with Crippen LogP contribution >= 0.6 is 0 Å². The number of hydrogen-bond donors (Lipinski definition) is 1. The minimum Gasteiger partial charge on any atom is -0.489 e. The lowest BCUT2D eigenvalue weighted by Gasteiger charge is -2.37. The third-order valence-electron chi connectivity index (χ3n) is 5.95. The lowest BCUT2D eigenvalue weighted by atomic mass is 10.0. The first-order valence-electron chi connectivity index (χ1n) is 10.1. The smallest absolute Gasteiger partial charge is 0.338 e. The van der Waals surface area contributed by atoms with Gasteiger partial charge in [0.25, 0.3) is 0 Å². The molecule has 1 aliphatic heterocycles. The van der Waals surface area contributed by atoms with Crippen molar-refractivity contribution in [2.75, 3.05) is 13.1 Å². The molecule has 2 fully saturated rings. The maximum absolute atomic E-state index is 14.3. The van der Waals surface area contributed by atoms with Crippen LogP contribution in [0, 0.1) is 11.6 Å². The minimum absolute atomic E-state index is 0.0979. The maximum atomic E-state index is 14.3. The number of carboxylic acids is 1. The van der Waals surface area contributed by atoms with E-state index >= 15 is 0 Å². The zero-order valence-electron chi connectivity index (χ0n) is 16.4. The van der Waals surface area contributed by atoms with Crippen LogP contribution < -0.4 is 4.74 Å². The van der Waals surface area contributed by atoms with E-state index in [1.54, 1.807) is 12.1 Å². The molecule has 0 radical (unpaired) electrons. The highest BCUT2D eigenvalue weighted by Gasteiger charge is 2.32. The maximum Gasteiger partial charge on any atom is 0.338 e. The molecule has 2 atom stereocenters. The minimum atomic E-state index is -1.26. The van der Waals surface area contributed by atoms with Gasteiger partial charge in [-0.05, 0) is 74.4 Å². The molecule has 1 saturated heterocycles. The fourth-order valence-electron chi connectivity index (χ4n) is 4.10. The molecule has 29 heavy (non-hydrogen) atoms. The Hall–Kier alpha value is -2.47. The van der Waals surface area contributed by atoms with Crippen molar-refractivity contribution in [3.63, 3.8) is 0 Å². The summed E-state index contributed by atoms with van der Waals surface area (Å²) in [5.74, 6) is -1.55. The second-order valence-electron chi connectivity index (χ2n) is 8.05. The van der Waals surface area contributed by atoms with Gasteiger partial charge in [-0.2, -0.15) is 0 Å². The summed E-state index contributed by atoms with van der Waals surface area (Å²) in [4.78, 5) is 13.6. The Morgan fingerprint density at radius 1 is 1.17 bits per heavy atom. The molecule has 1 aliphatic carbocycles. The largest absolute Gasteiger partial charge is 0.489 e. The third-order valence-corrected chi connectivity index (χ3v) is 5.95. The molecule has 1 heterocycles. The zero-order chi connectivity index (χ0) is 20.5. The average Bonchev–Trinajstić information content (AvgIpc) is 3.53. The average molecular weight is 401 g/mol. The molecule has 4 rings (SSSR count). The zero-order valence-corrected chi connectivity index (χ0v) is 16.4. The molecule has 154 valence electrons. The molecule has 2 aromatic carbocycles. The van der Waals surface area contributed by atoms with Crippen molar-refractivity contribution < 1.29 is 23.4 Å². The van der Waals surface area contributed by atoms with Crippen LogP contribution in [-0.4, -0.2) is 35.2 Å². The van der Waals surface area contributed by atoms with Gasteiger partial charge in [0.2, 0.25) is 0 Å². The first-order chi connectivity index (χ1) is 13.9. The number of nitrogens with zero attached hydrogens (tertiary/aromatic N) is 1. The summed E-state index contributed by atoms with van der Waals surface area (Å²) in [6.07, 6.45) is 3.65. The molecule has 1 N–H and O–H groups in total. The fraction of sp³-hybridized carbons (Fsp3) is 0.435. The summed E-state index contributed by atoms with van der Waals surface area (Å²) in [6.45, 7) is 3.69. The van der Waals surface area contributed by atoms with E-state index in [-0.39, 0.29) is 29.4 Å². The number of halogens is 2. The molecule has 6 heteroatoms. The SMILES string of the molecule is C[C@@H](c1ccc(F)cc1)N1CCCC(Oc2cc(F)c(C(=O)O)cc2C2CC2)C1. The Morgan fingerprint density at radius 3 is 2.55 bits per heavy atom. The van der Waals surface area contributed by atoms with Gasteiger partial charge in [0.15, 0.2) is 0 Å². The molecule has 0 bridgehead atoms. The van der Waals surface area contributed by atoms with E-state index in [2.05, 4.69) is 11.8 Å². The summed E-state index contributed by atoms with van der Waals surface area (Å²) < 4.78 is 33.7. The topological polar surface area (TPSA) is 49.8 Å². The first-order valence-corrected chi connectivity index (χ1v) is 10.1. The van der Waals surface area contributed by atoms with E-state index in [4.69, 9.17) is 4.74 Å². The van der Waals surface area contributed by atoms with Gasteiger partial charge in [-0.25, -0.2) is 13.6 Å². The van der Waals surface area contributed by atoms with Gasteiger partial charge in [0, 0.05) is 18.7 Å². The second kappa shape index (κ2) is 8.11. The first kappa shape index (κ1) is 19.8. The lowest BCUT2D eigenvalue weighted by Crippen LogP contribution is -2.42. The van der Waals surface area contributed by atoms with Crippen LogP contribution in [0.2, 0.25) is 0 Å². The van der Waals surface area contributed by atoms with Crippen molar-refractivity contribution in [1.82, 2.24) is 4.90 Å². The standard InChI is InChI=1S/C23H25F2NO3/c1-14(15-6-8-17(24)9-7-15)26-10-2-3-18(13-26)29-22-12-21(25)20(23(27)28)11-19(22)16-4-5-16/h6-9,11-12,14,16,18H,2-5,10,13H2,1H3,(H,27,28)/t14-,18?/m0/s1. The highest BCUT2D eigenvalue weighted by Crippen LogP contribution is 2.45. The fourth-order valence-corrected chi connectivity index (χ4v) is 4.10. The molecule has 0 amide bonds. The van der Waals surface area contributed by atoms with Crippen LogP contribution in [0.4, 0.5) is 8.78 Å². The summed E-state index contributed by atoms with van der Waals surface area (Å²) in [5.41, 5.74) is 1.55. The van der Waals surface area contributed by atoms with Crippen LogP contribution in [0.1, 0.15) is 66.1 Å². The molecule has 2 aliphatic rings. The highest BCUT2D eigenvalue weighted by atomic mass is 19.1. The predicted molar refractivity (Wildman–Crippen MR) is 105 cm³/mol. The molecule has 0 aromatic heterocycles. The Bertz CT molecular complexity index is 896. The molecular weight excluding hydrogens is 376 g/mol. The summed E-state index contributed by atoms with van der Waals surface area (Å²) in [5, 5.41) is 9.21. The summed E-state index contributed by atoms with van der Waals surface area (Å²) in [7, 11) is 0. The van der Waals surface area contributed by atoms with Gasteiger partial charge in [-0.1, -0.05) is 12.1 Å². The van der Waals surface area contributed by atoms with Crippen molar-refractivity contribution >= 4 is 5.97 Å². The number of carbonyl (C=O) groups is 1. The molecule has 4 nitrogen and oxygen atoms in total. The van der Waals surface area contributed by atoms with E-state index in [1.165, 1.54) is 24.3 Å². The predicted octanol–water partition coefficient (Wildman–Crippen LogP) is 5.14. The van der Waals surface area contributed by atoms with Crippen LogP contribution in [0.3, 0.4) is 0 Å². The van der Waals surface area contributed by atoms with Crippen LogP contribution in [0.25, 0.3) is 0 Å². The van der Waals surface area contributed by atoms with Crippen LogP contribution in [0.15, 0.2) is 36.4 Å². The van der Waals surface area contributed by atoms with Crippen molar-refractivity contribution in [2.45, 2.75) is 50.7 Å². The van der Waals surface area contributed by atoms with E-state index in [0.29, 0.717) is 12.3 Å². The Balaban J connectivity index is 1.50. The molecule has 2 aromatic rings. The lowest BCUT2D eigenvalue weighted by molar-refractivity contribution is 0.0647. The van der Waals surface area contributed by atoms with Gasteiger partial charge in [-0.3, -0.25) is 4.90 Å². The third kappa shape index (κ3) is 4.42. The monoisotopic (exact) mass is 401 g/mol. The highest BCUT2D eigenvalue weighted by molar-refractivity contribution is 5.88. The Morgan fingerprint density at radius 2 is 1.90 bits per heavy atom. The number of rotatable bonds is 6. The van der Waals surface area contributed by atoms with Gasteiger partial charge >= 0.3 is 5.97 Å². The van der Waals surface area contributed by atoms with Crippen molar-refractivity contribution in [2.24, 2.45) is 0 Å². The van der Waals surface area contributed by atoms with Crippen LogP contribution in [0.5, 0.6) is 5.75 Å². The van der Waals surface area contributed by atoms with Crippen molar-refractivity contribution in [1.29, 1.82) is 0 Å². The van der Waals surface area contributed by atoms with Gasteiger partial charge in [0.05, 0.1) is 5.56 Å². The summed E-state index contributed by atoms with van der Waals surface area (Å²) >= 11 is 0. The van der Waals surface area contributed by atoms with Gasteiger partial charge < -0.3 is 9.84 Å². The van der Waals surface area contributed by atoms with Crippen molar-refractivity contribution in [3.8, 4) is 5.75 Å². The van der Waals surface area contributed by atoms with E-state index < -0.39 is 11.8 Å². The van der Waals surface area contributed by atoms with E-state index in [9.17, 15) is 18.7 Å². The normalized spacial score (nSPS) is 21.0. The second-order valence-corrected chi connectivity index (χ2v) is 8.05. The number of ether oxygens (including phenoxy) is 1. The number of hydrogen-bond acceptors (Lipinski definition) is 3. The molecule has 0 spiro atoms. The number of likely N-dealkylation sites (tertiary alicyclic amines) is 1. The summed E-state index contributed by atoms with van der Waals surface area (Å²) in [6, 6.07) is 9.34. The number of aromatic carboxylic acids is 1. The van der Waals surface area contributed by atoms with Gasteiger partial charge in [-0.15, -0.1) is 0 Å². The Kier molecular flexibility index (Phi) is 5.54. The molecule has 1 saturated carbocycles. The van der Waals surface area contributed by atoms with Crippen molar-refractivity contribution in [3.05, 3.63) is 64.7 Å². The van der Waals surface area contributed by atoms with E-state index in [1.807, 2.05) is 0 Å². The number of piperidine rings is 1. The molecular formula is C23H25F2NO3. The molecule has 1 unspecified atom stereocenters.